The van der Waals surface area contributed by atoms with E-state index >= 15 is 0 Å². The van der Waals surface area contributed by atoms with Gasteiger partial charge in [0, 0.05) is 12.3 Å². The first-order chi connectivity index (χ1) is 12.3. The molecule has 1 aromatic carbocycles. The van der Waals surface area contributed by atoms with Crippen LogP contribution in [0.1, 0.15) is 21.7 Å². The van der Waals surface area contributed by atoms with Crippen molar-refractivity contribution >= 4 is 23.1 Å². The zero-order chi connectivity index (χ0) is 18.7. The number of halogens is 3. The van der Waals surface area contributed by atoms with E-state index in [-0.39, 0.29) is 22.8 Å². The molecule has 9 heteroatoms. The maximum absolute atomic E-state index is 13.1. The van der Waals surface area contributed by atoms with Gasteiger partial charge in [0.2, 0.25) is 0 Å². The molecule has 0 spiro atoms. The van der Waals surface area contributed by atoms with E-state index in [4.69, 9.17) is 4.52 Å². The summed E-state index contributed by atoms with van der Waals surface area (Å²) >= 11 is 0. The third kappa shape index (κ3) is 4.00. The lowest BCUT2D eigenvalue weighted by Gasteiger charge is -2.14. The number of aromatic nitrogens is 2. The molecule has 0 aliphatic rings. The standard InChI is InChI=1S/C17H13F3N4O2/c1-10-6-15(24-26-10)23-16(25)11-7-12(9-21-8-11)22-14-5-3-2-4-13(14)17(18,19)20/h2-9,22H,1H3,(H,23,24,25). The number of anilines is 3. The number of rotatable bonds is 4. The third-order valence-corrected chi connectivity index (χ3v) is 3.38. The molecule has 2 aromatic heterocycles. The number of pyridine rings is 1. The van der Waals surface area contributed by atoms with Crippen molar-refractivity contribution in [1.29, 1.82) is 0 Å². The Hall–Kier alpha value is -3.36. The van der Waals surface area contributed by atoms with E-state index < -0.39 is 17.6 Å². The molecule has 0 aliphatic heterocycles. The minimum absolute atomic E-state index is 0.133. The lowest BCUT2D eigenvalue weighted by Crippen LogP contribution is -2.13. The first kappa shape index (κ1) is 17.5. The summed E-state index contributed by atoms with van der Waals surface area (Å²) in [5, 5.41) is 8.80. The monoisotopic (exact) mass is 362 g/mol. The number of hydrogen-bond donors (Lipinski definition) is 2. The minimum Gasteiger partial charge on any atom is -0.360 e. The van der Waals surface area contributed by atoms with Crippen LogP contribution in [0, 0.1) is 6.92 Å². The summed E-state index contributed by atoms with van der Waals surface area (Å²) in [6.45, 7) is 1.67. The first-order valence-corrected chi connectivity index (χ1v) is 7.46. The molecule has 0 radical (unpaired) electrons. The van der Waals surface area contributed by atoms with E-state index in [1.165, 1.54) is 42.7 Å². The SMILES string of the molecule is Cc1cc(NC(=O)c2cncc(Nc3ccccc3C(F)(F)F)c2)no1. The second-order valence-corrected chi connectivity index (χ2v) is 5.41. The fourth-order valence-electron chi connectivity index (χ4n) is 2.24. The summed E-state index contributed by atoms with van der Waals surface area (Å²) < 4.78 is 44.1. The van der Waals surface area contributed by atoms with Crippen molar-refractivity contribution in [3.63, 3.8) is 0 Å². The molecule has 0 unspecified atom stereocenters. The molecule has 6 nitrogen and oxygen atoms in total. The number of nitrogens with zero attached hydrogens (tertiary/aromatic N) is 2. The van der Waals surface area contributed by atoms with Gasteiger partial charge in [-0.2, -0.15) is 13.2 Å². The molecule has 3 rings (SSSR count). The third-order valence-electron chi connectivity index (χ3n) is 3.38. The van der Waals surface area contributed by atoms with Crippen LogP contribution < -0.4 is 10.6 Å². The normalized spacial score (nSPS) is 11.2. The van der Waals surface area contributed by atoms with Gasteiger partial charge < -0.3 is 15.2 Å². The van der Waals surface area contributed by atoms with Crippen LogP contribution in [0.15, 0.2) is 53.3 Å². The van der Waals surface area contributed by atoms with Crippen LogP contribution in [-0.4, -0.2) is 16.0 Å². The summed E-state index contributed by atoms with van der Waals surface area (Å²) in [7, 11) is 0. The van der Waals surface area contributed by atoms with Crippen LogP contribution in [0.5, 0.6) is 0 Å². The highest BCUT2D eigenvalue weighted by Crippen LogP contribution is 2.35. The summed E-state index contributed by atoms with van der Waals surface area (Å²) in [6.07, 6.45) is -1.88. The van der Waals surface area contributed by atoms with Crippen molar-refractivity contribution in [3.05, 3.63) is 65.7 Å². The van der Waals surface area contributed by atoms with E-state index in [1.807, 2.05) is 0 Å². The molecule has 0 saturated carbocycles. The Labute approximate surface area is 146 Å². The van der Waals surface area contributed by atoms with E-state index in [9.17, 15) is 18.0 Å². The molecule has 1 amide bonds. The van der Waals surface area contributed by atoms with Gasteiger partial charge in [0.25, 0.3) is 5.91 Å². The van der Waals surface area contributed by atoms with Gasteiger partial charge in [-0.3, -0.25) is 9.78 Å². The van der Waals surface area contributed by atoms with E-state index in [0.717, 1.165) is 6.07 Å². The first-order valence-electron chi connectivity index (χ1n) is 7.46. The summed E-state index contributed by atoms with van der Waals surface area (Å²) in [5.41, 5.74) is -0.551. The Morgan fingerprint density at radius 1 is 1.15 bits per heavy atom. The average Bonchev–Trinajstić information content (AvgIpc) is 2.99. The lowest BCUT2D eigenvalue weighted by atomic mass is 10.1. The van der Waals surface area contributed by atoms with Crippen molar-refractivity contribution in [2.45, 2.75) is 13.1 Å². The highest BCUT2D eigenvalue weighted by Gasteiger charge is 2.33. The van der Waals surface area contributed by atoms with Gasteiger partial charge in [-0.05, 0) is 25.1 Å². The summed E-state index contributed by atoms with van der Waals surface area (Å²) in [5.74, 6) is 0.240. The van der Waals surface area contributed by atoms with Crippen LogP contribution in [0.4, 0.5) is 30.4 Å². The van der Waals surface area contributed by atoms with Gasteiger partial charge in [0.1, 0.15) is 5.76 Å². The van der Waals surface area contributed by atoms with E-state index in [1.54, 1.807) is 6.92 Å². The largest absolute Gasteiger partial charge is 0.418 e. The van der Waals surface area contributed by atoms with Crippen molar-refractivity contribution in [2.75, 3.05) is 10.6 Å². The summed E-state index contributed by atoms with van der Waals surface area (Å²) in [6, 6.07) is 7.98. The fraction of sp³-hybridized carbons (Fsp3) is 0.118. The molecule has 26 heavy (non-hydrogen) atoms. The van der Waals surface area contributed by atoms with E-state index in [2.05, 4.69) is 20.8 Å². The van der Waals surface area contributed by atoms with Crippen LogP contribution in [0.2, 0.25) is 0 Å². The molecule has 134 valence electrons. The fourth-order valence-corrected chi connectivity index (χ4v) is 2.24. The Balaban J connectivity index is 1.81. The molecule has 2 N–H and O–H groups in total. The topological polar surface area (TPSA) is 80.0 Å². The Kier molecular flexibility index (Phi) is 4.61. The second-order valence-electron chi connectivity index (χ2n) is 5.41. The quantitative estimate of drug-likeness (QED) is 0.719. The molecular formula is C17H13F3N4O2. The van der Waals surface area contributed by atoms with Gasteiger partial charge >= 0.3 is 6.18 Å². The maximum Gasteiger partial charge on any atom is 0.418 e. The molecule has 2 heterocycles. The Bertz CT molecular complexity index is 938. The predicted octanol–water partition coefficient (Wildman–Crippen LogP) is 4.39. The number of hydrogen-bond acceptors (Lipinski definition) is 5. The molecule has 0 saturated heterocycles. The minimum atomic E-state index is -4.50. The summed E-state index contributed by atoms with van der Waals surface area (Å²) in [4.78, 5) is 16.1. The van der Waals surface area contributed by atoms with Gasteiger partial charge in [-0.1, -0.05) is 17.3 Å². The highest BCUT2D eigenvalue weighted by molar-refractivity contribution is 6.04. The average molecular weight is 362 g/mol. The van der Waals surface area contributed by atoms with Gasteiger partial charge in [0.05, 0.1) is 28.7 Å². The number of benzene rings is 1. The number of aryl methyl sites for hydroxylation is 1. The highest BCUT2D eigenvalue weighted by atomic mass is 19.4. The maximum atomic E-state index is 13.1. The van der Waals surface area contributed by atoms with E-state index in [0.29, 0.717) is 5.76 Å². The molecule has 0 atom stereocenters. The van der Waals surface area contributed by atoms with Crippen molar-refractivity contribution in [3.8, 4) is 0 Å². The molecule has 0 fully saturated rings. The van der Waals surface area contributed by atoms with Crippen molar-refractivity contribution in [1.82, 2.24) is 10.1 Å². The van der Waals surface area contributed by atoms with Crippen molar-refractivity contribution < 1.29 is 22.5 Å². The Morgan fingerprint density at radius 2 is 1.92 bits per heavy atom. The molecule has 0 aliphatic carbocycles. The van der Waals surface area contributed by atoms with Crippen LogP contribution in [-0.2, 0) is 6.18 Å². The van der Waals surface area contributed by atoms with Crippen LogP contribution >= 0.6 is 0 Å². The lowest BCUT2D eigenvalue weighted by molar-refractivity contribution is -0.136. The number of nitrogens with one attached hydrogen (secondary N) is 2. The number of amides is 1. The zero-order valence-electron chi connectivity index (χ0n) is 13.5. The second kappa shape index (κ2) is 6.87. The molecule has 3 aromatic rings. The predicted molar refractivity (Wildman–Crippen MR) is 88.2 cm³/mol. The number of alkyl halides is 3. The van der Waals surface area contributed by atoms with Crippen LogP contribution in [0.25, 0.3) is 0 Å². The number of carbonyl (C=O) groups is 1. The smallest absolute Gasteiger partial charge is 0.360 e. The van der Waals surface area contributed by atoms with Gasteiger partial charge in [0.15, 0.2) is 5.82 Å². The number of carbonyl (C=O) groups excluding carboxylic acids is 1. The number of para-hydroxylation sites is 1. The molecular weight excluding hydrogens is 349 g/mol. The van der Waals surface area contributed by atoms with Crippen LogP contribution in [0.3, 0.4) is 0 Å². The zero-order valence-corrected chi connectivity index (χ0v) is 13.5. The van der Waals surface area contributed by atoms with Gasteiger partial charge in [-0.25, -0.2) is 0 Å². The Morgan fingerprint density at radius 3 is 2.62 bits per heavy atom. The van der Waals surface area contributed by atoms with Gasteiger partial charge in [-0.15, -0.1) is 0 Å². The molecule has 0 bridgehead atoms. The van der Waals surface area contributed by atoms with Crippen molar-refractivity contribution in [2.24, 2.45) is 0 Å².